The van der Waals surface area contributed by atoms with Crippen LogP contribution in [0.2, 0.25) is 0 Å². The summed E-state index contributed by atoms with van der Waals surface area (Å²) in [6.45, 7) is 8.98. The molecule has 25 heavy (non-hydrogen) atoms. The fourth-order valence-electron chi connectivity index (χ4n) is 2.50. The van der Waals surface area contributed by atoms with E-state index in [1.54, 1.807) is 12.4 Å². The summed E-state index contributed by atoms with van der Waals surface area (Å²) in [5, 5.41) is 12.9. The number of likely N-dealkylation sites (N-methyl/N-ethyl adjacent to an activating group) is 1. The first kappa shape index (κ1) is 21.0. The van der Waals surface area contributed by atoms with Crippen molar-refractivity contribution in [1.82, 2.24) is 10.2 Å². The van der Waals surface area contributed by atoms with Crippen molar-refractivity contribution in [2.75, 3.05) is 26.2 Å². The predicted molar refractivity (Wildman–Crippen MR) is 105 cm³/mol. The Bertz CT molecular complexity index is 519. The normalized spacial score (nSPS) is 19.0. The molecule has 0 unspecified atom stereocenters. The molecule has 0 saturated carbocycles. The maximum Gasteiger partial charge on any atom is 0.222 e. The lowest BCUT2D eigenvalue weighted by molar-refractivity contribution is -0.131. The highest BCUT2D eigenvalue weighted by molar-refractivity contribution is 5.76. The van der Waals surface area contributed by atoms with Gasteiger partial charge in [-0.2, -0.15) is 0 Å². The highest BCUT2D eigenvalue weighted by atomic mass is 16.3. The molecule has 0 aromatic heterocycles. The quantitative estimate of drug-likeness (QED) is 0.275. The average molecular weight is 348 g/mol. The monoisotopic (exact) mass is 347 g/mol. The first-order chi connectivity index (χ1) is 12.0. The second-order valence-electron chi connectivity index (χ2n) is 6.69. The van der Waals surface area contributed by atoms with Gasteiger partial charge in [-0.05, 0) is 37.3 Å². The lowest BCUT2D eigenvalue weighted by Crippen LogP contribution is -2.36. The van der Waals surface area contributed by atoms with Crippen LogP contribution in [0.1, 0.15) is 46.5 Å². The third-order valence-corrected chi connectivity index (χ3v) is 4.05. The molecule has 1 rings (SSSR count). The topological polar surface area (TPSA) is 64.9 Å². The second kappa shape index (κ2) is 12.3. The summed E-state index contributed by atoms with van der Waals surface area (Å²) in [6.07, 6.45) is 12.4. The van der Waals surface area contributed by atoms with Crippen molar-refractivity contribution in [3.8, 4) is 0 Å². The zero-order chi connectivity index (χ0) is 18.5. The van der Waals surface area contributed by atoms with E-state index in [1.165, 1.54) is 0 Å². The first-order valence-electron chi connectivity index (χ1n) is 9.25. The standard InChI is InChI=1S/C20H33N3O2/c1-4-23(20(25)11-10-17(2)3)13-12-21-16-22-15-18-8-6-5-7-9-19(24)14-18/h5,7-9,16-17,24H,4,6,10-15H2,1-3H3,(H,21,22)/b7-5?,18-8+,19-9+. The van der Waals surface area contributed by atoms with Crippen LogP contribution in [-0.2, 0) is 4.79 Å². The molecule has 0 bridgehead atoms. The molecular formula is C20H33N3O2. The molecule has 5 heteroatoms. The van der Waals surface area contributed by atoms with Crippen LogP contribution in [0.5, 0.6) is 0 Å². The molecule has 0 radical (unpaired) electrons. The van der Waals surface area contributed by atoms with Crippen LogP contribution >= 0.6 is 0 Å². The van der Waals surface area contributed by atoms with Gasteiger partial charge in [-0.25, -0.2) is 0 Å². The van der Waals surface area contributed by atoms with E-state index in [-0.39, 0.29) is 5.91 Å². The molecule has 2 N–H and O–H groups in total. The van der Waals surface area contributed by atoms with Crippen molar-refractivity contribution in [2.45, 2.75) is 46.5 Å². The summed E-state index contributed by atoms with van der Waals surface area (Å²) < 4.78 is 0. The van der Waals surface area contributed by atoms with E-state index >= 15 is 0 Å². The van der Waals surface area contributed by atoms with E-state index in [0.717, 1.165) is 25.0 Å². The van der Waals surface area contributed by atoms with E-state index in [0.29, 0.717) is 44.2 Å². The van der Waals surface area contributed by atoms with Gasteiger partial charge in [0.2, 0.25) is 5.91 Å². The van der Waals surface area contributed by atoms with Gasteiger partial charge >= 0.3 is 0 Å². The molecule has 1 amide bonds. The van der Waals surface area contributed by atoms with Gasteiger partial charge in [-0.15, -0.1) is 0 Å². The number of hydrogen-bond donors (Lipinski definition) is 2. The molecule has 0 saturated heterocycles. The minimum absolute atomic E-state index is 0.227. The summed E-state index contributed by atoms with van der Waals surface area (Å²) in [7, 11) is 0. The Morgan fingerprint density at radius 2 is 2.28 bits per heavy atom. The lowest BCUT2D eigenvalue weighted by atomic mass is 10.1. The van der Waals surface area contributed by atoms with E-state index < -0.39 is 0 Å². The Hall–Kier alpha value is -2.04. The molecule has 5 nitrogen and oxygen atoms in total. The Balaban J connectivity index is 2.27. The number of aliphatic imine (C=N–C) groups is 1. The maximum atomic E-state index is 12.1. The van der Waals surface area contributed by atoms with Crippen molar-refractivity contribution in [2.24, 2.45) is 10.9 Å². The molecule has 0 aromatic carbocycles. The number of aliphatic hydroxyl groups is 1. The van der Waals surface area contributed by atoms with E-state index in [4.69, 9.17) is 0 Å². The van der Waals surface area contributed by atoms with Crippen LogP contribution in [0.25, 0.3) is 0 Å². The lowest BCUT2D eigenvalue weighted by Gasteiger charge is -2.21. The molecule has 0 aliphatic heterocycles. The van der Waals surface area contributed by atoms with Crippen molar-refractivity contribution in [1.29, 1.82) is 0 Å². The SMILES string of the molecule is CCN(CCNC=NC/C1=C/CC=C/C=C(/O)C1)C(=O)CCC(C)C. The van der Waals surface area contributed by atoms with Crippen LogP contribution in [0, 0.1) is 5.92 Å². The van der Waals surface area contributed by atoms with Gasteiger partial charge in [0.15, 0.2) is 0 Å². The number of aliphatic hydroxyl groups excluding tert-OH is 1. The van der Waals surface area contributed by atoms with E-state index in [1.807, 2.05) is 24.0 Å². The minimum Gasteiger partial charge on any atom is -0.512 e. The summed E-state index contributed by atoms with van der Waals surface area (Å²) in [6, 6.07) is 0. The number of nitrogens with one attached hydrogen (secondary N) is 1. The Morgan fingerprint density at radius 3 is 3.00 bits per heavy atom. The van der Waals surface area contributed by atoms with Gasteiger partial charge in [0.1, 0.15) is 0 Å². The molecule has 0 aromatic rings. The van der Waals surface area contributed by atoms with Crippen LogP contribution in [0.4, 0.5) is 0 Å². The summed E-state index contributed by atoms with van der Waals surface area (Å²) in [4.78, 5) is 18.4. The van der Waals surface area contributed by atoms with Crippen molar-refractivity contribution < 1.29 is 9.90 Å². The van der Waals surface area contributed by atoms with Crippen LogP contribution in [0.3, 0.4) is 0 Å². The summed E-state index contributed by atoms with van der Waals surface area (Å²) in [5.41, 5.74) is 1.11. The Kier molecular flexibility index (Phi) is 10.4. The van der Waals surface area contributed by atoms with Gasteiger partial charge in [0, 0.05) is 32.5 Å². The smallest absolute Gasteiger partial charge is 0.222 e. The molecule has 0 fully saturated rings. The van der Waals surface area contributed by atoms with Crippen LogP contribution < -0.4 is 5.32 Å². The minimum atomic E-state index is 0.227. The number of rotatable bonds is 10. The largest absolute Gasteiger partial charge is 0.512 e. The van der Waals surface area contributed by atoms with Gasteiger partial charge in [-0.3, -0.25) is 9.79 Å². The fourth-order valence-corrected chi connectivity index (χ4v) is 2.50. The Morgan fingerprint density at radius 1 is 1.48 bits per heavy atom. The van der Waals surface area contributed by atoms with E-state index in [9.17, 15) is 9.90 Å². The van der Waals surface area contributed by atoms with Gasteiger partial charge in [0.05, 0.1) is 18.6 Å². The molecular weight excluding hydrogens is 314 g/mol. The van der Waals surface area contributed by atoms with E-state index in [2.05, 4.69) is 30.2 Å². The number of hydrogen-bond acceptors (Lipinski definition) is 3. The van der Waals surface area contributed by atoms with Crippen molar-refractivity contribution >= 4 is 12.2 Å². The molecule has 0 spiro atoms. The molecule has 1 aliphatic rings. The second-order valence-corrected chi connectivity index (χ2v) is 6.69. The predicted octanol–water partition coefficient (Wildman–Crippen LogP) is 3.61. The fraction of sp³-hybridized carbons (Fsp3) is 0.600. The summed E-state index contributed by atoms with van der Waals surface area (Å²) >= 11 is 0. The maximum absolute atomic E-state index is 12.1. The molecule has 140 valence electrons. The zero-order valence-electron chi connectivity index (χ0n) is 15.9. The van der Waals surface area contributed by atoms with Crippen molar-refractivity contribution in [3.63, 3.8) is 0 Å². The number of carbonyl (C=O) groups excluding carboxylic acids is 1. The third kappa shape index (κ3) is 9.75. The number of nitrogens with zero attached hydrogens (tertiary/aromatic N) is 2. The average Bonchev–Trinajstić information content (AvgIpc) is 2.56. The zero-order valence-corrected chi connectivity index (χ0v) is 15.9. The first-order valence-corrected chi connectivity index (χ1v) is 9.25. The highest BCUT2D eigenvalue weighted by Crippen LogP contribution is 2.13. The third-order valence-electron chi connectivity index (χ3n) is 4.05. The van der Waals surface area contributed by atoms with Crippen molar-refractivity contribution in [3.05, 3.63) is 35.6 Å². The molecule has 0 heterocycles. The Labute approximate surface area is 152 Å². The highest BCUT2D eigenvalue weighted by Gasteiger charge is 2.11. The molecule has 0 atom stereocenters. The van der Waals surface area contributed by atoms with Gasteiger partial charge < -0.3 is 15.3 Å². The number of amides is 1. The van der Waals surface area contributed by atoms with Gasteiger partial charge in [-0.1, -0.05) is 32.1 Å². The van der Waals surface area contributed by atoms with Crippen LogP contribution in [0.15, 0.2) is 40.6 Å². The number of carbonyl (C=O) groups is 1. The van der Waals surface area contributed by atoms with Gasteiger partial charge in [0.25, 0.3) is 0 Å². The van der Waals surface area contributed by atoms with Crippen LogP contribution in [-0.4, -0.2) is 48.4 Å². The molecule has 1 aliphatic carbocycles. The summed E-state index contributed by atoms with van der Waals surface area (Å²) in [5.74, 6) is 1.15. The number of allylic oxidation sites excluding steroid dienone is 5.